The minimum atomic E-state index is -0.340. The summed E-state index contributed by atoms with van der Waals surface area (Å²) in [5.74, 6) is -0.196. The molecule has 0 radical (unpaired) electrons. The third-order valence-corrected chi connectivity index (χ3v) is 5.18. The van der Waals surface area contributed by atoms with E-state index < -0.39 is 0 Å². The lowest BCUT2D eigenvalue weighted by atomic mass is 10.0. The van der Waals surface area contributed by atoms with Crippen molar-refractivity contribution in [3.63, 3.8) is 0 Å². The van der Waals surface area contributed by atoms with Crippen molar-refractivity contribution in [2.24, 2.45) is 0 Å². The second-order valence-corrected chi connectivity index (χ2v) is 7.37. The average molecular weight is 392 g/mol. The molecule has 0 bridgehead atoms. The van der Waals surface area contributed by atoms with Gasteiger partial charge in [0.15, 0.2) is 0 Å². The molecule has 2 amide bonds. The maximum atomic E-state index is 13.6. The number of amides is 2. The molecule has 1 fully saturated rings. The Hall–Kier alpha value is -3.12. The zero-order valence-electron chi connectivity index (χ0n) is 16.8. The molecule has 2 heterocycles. The first-order valence-corrected chi connectivity index (χ1v) is 9.73. The van der Waals surface area contributed by atoms with Crippen molar-refractivity contribution in [1.82, 2.24) is 4.90 Å². The van der Waals surface area contributed by atoms with Gasteiger partial charge >= 0.3 is 0 Å². The number of rotatable bonds is 4. The van der Waals surface area contributed by atoms with Gasteiger partial charge < -0.3 is 14.4 Å². The number of imide groups is 1. The molecule has 29 heavy (non-hydrogen) atoms. The van der Waals surface area contributed by atoms with E-state index in [4.69, 9.17) is 9.47 Å². The fourth-order valence-corrected chi connectivity index (χ4v) is 4.07. The number of hydrogen-bond donors (Lipinski definition) is 0. The number of methoxy groups -OCH3 is 1. The lowest BCUT2D eigenvalue weighted by Crippen LogP contribution is -2.47. The molecule has 150 valence electrons. The Balaban J connectivity index is 1.85. The van der Waals surface area contributed by atoms with Crippen molar-refractivity contribution in [3.05, 3.63) is 65.9 Å². The van der Waals surface area contributed by atoms with Gasteiger partial charge in [-0.25, -0.2) is 4.90 Å². The lowest BCUT2D eigenvalue weighted by Gasteiger charge is -2.37. The van der Waals surface area contributed by atoms with Gasteiger partial charge in [0, 0.05) is 13.1 Å². The molecule has 2 unspecified atom stereocenters. The van der Waals surface area contributed by atoms with Gasteiger partial charge in [0.05, 0.1) is 30.6 Å². The van der Waals surface area contributed by atoms with Crippen molar-refractivity contribution in [3.8, 4) is 5.75 Å². The highest BCUT2D eigenvalue weighted by Gasteiger charge is 2.44. The Morgan fingerprint density at radius 2 is 1.52 bits per heavy atom. The normalized spacial score (nSPS) is 22.4. The Bertz CT molecular complexity index is 960. The molecule has 2 aromatic carbocycles. The topological polar surface area (TPSA) is 59.1 Å². The second-order valence-electron chi connectivity index (χ2n) is 7.37. The molecule has 6 nitrogen and oxygen atoms in total. The minimum Gasteiger partial charge on any atom is -0.495 e. The van der Waals surface area contributed by atoms with Crippen molar-refractivity contribution in [2.45, 2.75) is 26.1 Å². The van der Waals surface area contributed by atoms with Crippen LogP contribution >= 0.6 is 0 Å². The van der Waals surface area contributed by atoms with Gasteiger partial charge in [0.25, 0.3) is 11.8 Å². The van der Waals surface area contributed by atoms with Gasteiger partial charge in [-0.3, -0.25) is 9.59 Å². The van der Waals surface area contributed by atoms with E-state index in [1.165, 1.54) is 12.0 Å². The van der Waals surface area contributed by atoms with E-state index in [2.05, 4.69) is 0 Å². The van der Waals surface area contributed by atoms with Gasteiger partial charge in [-0.15, -0.1) is 0 Å². The number of benzene rings is 2. The van der Waals surface area contributed by atoms with Crippen LogP contribution in [0.4, 0.5) is 5.69 Å². The summed E-state index contributed by atoms with van der Waals surface area (Å²) < 4.78 is 11.2. The van der Waals surface area contributed by atoms with Crippen LogP contribution in [0, 0.1) is 0 Å². The van der Waals surface area contributed by atoms with Crippen LogP contribution in [0.1, 0.15) is 19.4 Å². The number of anilines is 1. The van der Waals surface area contributed by atoms with E-state index in [9.17, 15) is 9.59 Å². The molecule has 0 N–H and O–H groups in total. The molecule has 2 aliphatic rings. The molecule has 0 spiro atoms. The van der Waals surface area contributed by atoms with E-state index in [1.54, 1.807) is 18.2 Å². The van der Waals surface area contributed by atoms with E-state index >= 15 is 0 Å². The van der Waals surface area contributed by atoms with Crippen LogP contribution in [0.2, 0.25) is 0 Å². The molecular weight excluding hydrogens is 368 g/mol. The monoisotopic (exact) mass is 392 g/mol. The van der Waals surface area contributed by atoms with Gasteiger partial charge in [-0.05, 0) is 31.5 Å². The highest BCUT2D eigenvalue weighted by atomic mass is 16.5. The van der Waals surface area contributed by atoms with E-state index in [0.29, 0.717) is 35.8 Å². The molecule has 1 saturated heterocycles. The SMILES string of the molecule is COc1ccccc1N1C(=O)C(c2ccccc2)=C(N2CC(C)OC(C)C2)C1=O. The zero-order valence-corrected chi connectivity index (χ0v) is 16.8. The number of morpholine rings is 1. The number of hydrogen-bond acceptors (Lipinski definition) is 5. The van der Waals surface area contributed by atoms with Crippen LogP contribution in [0.25, 0.3) is 5.57 Å². The summed E-state index contributed by atoms with van der Waals surface area (Å²) in [5.41, 5.74) is 2.02. The second kappa shape index (κ2) is 7.72. The molecule has 0 aliphatic carbocycles. The third kappa shape index (κ3) is 3.40. The smallest absolute Gasteiger partial charge is 0.282 e. The van der Waals surface area contributed by atoms with E-state index in [1.807, 2.05) is 55.1 Å². The summed E-state index contributed by atoms with van der Waals surface area (Å²) >= 11 is 0. The fraction of sp³-hybridized carbons (Fsp3) is 0.304. The molecule has 4 rings (SSSR count). The van der Waals surface area contributed by atoms with Crippen molar-refractivity contribution >= 4 is 23.1 Å². The number of para-hydroxylation sites is 2. The highest BCUT2D eigenvalue weighted by Crippen LogP contribution is 2.39. The number of ether oxygens (including phenoxy) is 2. The van der Waals surface area contributed by atoms with Crippen LogP contribution in [0.3, 0.4) is 0 Å². The van der Waals surface area contributed by atoms with Gasteiger partial charge in [-0.1, -0.05) is 42.5 Å². The Kier molecular flexibility index (Phi) is 5.11. The zero-order chi connectivity index (χ0) is 20.5. The summed E-state index contributed by atoms with van der Waals surface area (Å²) in [6.07, 6.45) is -0.0713. The predicted octanol–water partition coefficient (Wildman–Crippen LogP) is 3.09. The standard InChI is InChI=1S/C23H24N2O4/c1-15-13-24(14-16(2)29-15)21-20(17-9-5-4-6-10-17)22(26)25(23(21)27)18-11-7-8-12-19(18)28-3/h4-12,15-16H,13-14H2,1-3H3. The first kappa shape index (κ1) is 19.2. The van der Waals surface area contributed by atoms with Crippen molar-refractivity contribution in [2.75, 3.05) is 25.1 Å². The van der Waals surface area contributed by atoms with E-state index in [0.717, 1.165) is 5.56 Å². The van der Waals surface area contributed by atoms with E-state index in [-0.39, 0.29) is 24.0 Å². The van der Waals surface area contributed by atoms with Crippen LogP contribution in [0.15, 0.2) is 60.3 Å². The van der Waals surface area contributed by atoms with Gasteiger partial charge in [0.1, 0.15) is 11.4 Å². The summed E-state index contributed by atoms with van der Waals surface area (Å²) in [7, 11) is 1.53. The average Bonchev–Trinajstić information content (AvgIpc) is 2.98. The third-order valence-electron chi connectivity index (χ3n) is 5.18. The molecule has 2 aromatic rings. The molecule has 0 aromatic heterocycles. The first-order chi connectivity index (χ1) is 14.0. The number of carbonyl (C=O) groups excluding carboxylic acids is 2. The predicted molar refractivity (Wildman–Crippen MR) is 110 cm³/mol. The Morgan fingerprint density at radius 1 is 0.897 bits per heavy atom. The summed E-state index contributed by atoms with van der Waals surface area (Å²) in [6, 6.07) is 16.4. The van der Waals surface area contributed by atoms with Crippen molar-refractivity contribution in [1.29, 1.82) is 0 Å². The summed E-state index contributed by atoms with van der Waals surface area (Å²) in [5, 5.41) is 0. The summed E-state index contributed by atoms with van der Waals surface area (Å²) in [4.78, 5) is 30.3. The largest absolute Gasteiger partial charge is 0.495 e. The Morgan fingerprint density at radius 3 is 2.17 bits per heavy atom. The highest BCUT2D eigenvalue weighted by molar-refractivity contribution is 6.45. The molecule has 6 heteroatoms. The maximum absolute atomic E-state index is 13.6. The summed E-state index contributed by atoms with van der Waals surface area (Å²) in [6.45, 7) is 5.05. The number of carbonyl (C=O) groups is 2. The van der Waals surface area contributed by atoms with Crippen LogP contribution in [-0.2, 0) is 14.3 Å². The van der Waals surface area contributed by atoms with Crippen molar-refractivity contribution < 1.29 is 19.1 Å². The molecule has 2 aliphatic heterocycles. The lowest BCUT2D eigenvalue weighted by molar-refractivity contribution is -0.121. The van der Waals surface area contributed by atoms with Crippen LogP contribution in [0.5, 0.6) is 5.75 Å². The minimum absolute atomic E-state index is 0.0357. The molecule has 0 saturated carbocycles. The Labute approximate surface area is 170 Å². The fourth-order valence-electron chi connectivity index (χ4n) is 4.07. The van der Waals surface area contributed by atoms with Gasteiger partial charge in [0.2, 0.25) is 0 Å². The molecule has 2 atom stereocenters. The molecular formula is C23H24N2O4. The first-order valence-electron chi connectivity index (χ1n) is 9.73. The number of nitrogens with zero attached hydrogens (tertiary/aromatic N) is 2. The van der Waals surface area contributed by atoms with Crippen LogP contribution < -0.4 is 9.64 Å². The quantitative estimate of drug-likeness (QED) is 0.749. The van der Waals surface area contributed by atoms with Gasteiger partial charge in [-0.2, -0.15) is 0 Å². The maximum Gasteiger partial charge on any atom is 0.282 e. The van der Waals surface area contributed by atoms with Crippen LogP contribution in [-0.4, -0.2) is 49.1 Å².